The first-order valence-corrected chi connectivity index (χ1v) is 6.67. The lowest BCUT2D eigenvalue weighted by atomic mass is 10.6. The highest BCUT2D eigenvalue weighted by atomic mass is 35.5. The van der Waals surface area contributed by atoms with Crippen molar-refractivity contribution < 1.29 is 8.42 Å². The van der Waals surface area contributed by atoms with Crippen molar-refractivity contribution in [2.45, 2.75) is 24.5 Å². The molecule has 0 fully saturated rings. The standard InChI is InChI=1S/C7H10ClNO2S2/c1-3-4-13(10,11)6-5(2)9-7(8)12-6/h3-4H2,1-2H3. The summed E-state index contributed by atoms with van der Waals surface area (Å²) in [6.45, 7) is 3.49. The molecule has 0 atom stereocenters. The maximum absolute atomic E-state index is 11.6. The zero-order valence-electron chi connectivity index (χ0n) is 7.37. The number of hydrogen-bond acceptors (Lipinski definition) is 4. The molecule has 0 radical (unpaired) electrons. The summed E-state index contributed by atoms with van der Waals surface area (Å²) in [6, 6.07) is 0. The third-order valence-corrected chi connectivity index (χ3v) is 5.36. The summed E-state index contributed by atoms with van der Waals surface area (Å²) in [5, 5.41) is 0. The largest absolute Gasteiger partial charge is 0.229 e. The molecule has 1 aromatic heterocycles. The topological polar surface area (TPSA) is 47.0 Å². The van der Waals surface area contributed by atoms with Gasteiger partial charge in [0.05, 0.1) is 11.4 Å². The van der Waals surface area contributed by atoms with Crippen LogP contribution in [-0.2, 0) is 9.84 Å². The van der Waals surface area contributed by atoms with Crippen LogP contribution in [0.2, 0.25) is 4.47 Å². The van der Waals surface area contributed by atoms with E-state index in [0.717, 1.165) is 11.3 Å². The van der Waals surface area contributed by atoms with Crippen LogP contribution in [0.5, 0.6) is 0 Å². The van der Waals surface area contributed by atoms with E-state index in [1.165, 1.54) is 0 Å². The first-order chi connectivity index (χ1) is 5.97. The minimum absolute atomic E-state index is 0.159. The normalized spacial score (nSPS) is 11.9. The summed E-state index contributed by atoms with van der Waals surface area (Å²) in [5.74, 6) is 0.159. The molecule has 0 amide bonds. The molecular weight excluding hydrogens is 230 g/mol. The quantitative estimate of drug-likeness (QED) is 0.813. The Hall–Kier alpha value is -0.130. The van der Waals surface area contributed by atoms with Crippen molar-refractivity contribution in [3.05, 3.63) is 10.2 Å². The Morgan fingerprint density at radius 3 is 2.54 bits per heavy atom. The van der Waals surface area contributed by atoms with E-state index < -0.39 is 9.84 Å². The van der Waals surface area contributed by atoms with E-state index in [1.54, 1.807) is 6.92 Å². The number of nitrogens with zero attached hydrogens (tertiary/aromatic N) is 1. The Morgan fingerprint density at radius 1 is 1.54 bits per heavy atom. The second-order valence-corrected chi connectivity index (χ2v) is 6.54. The van der Waals surface area contributed by atoms with Crippen molar-refractivity contribution in [1.29, 1.82) is 0 Å². The van der Waals surface area contributed by atoms with Crippen molar-refractivity contribution in [3.63, 3.8) is 0 Å². The molecule has 0 aliphatic rings. The minimum Gasteiger partial charge on any atom is -0.229 e. The van der Waals surface area contributed by atoms with E-state index in [9.17, 15) is 8.42 Å². The van der Waals surface area contributed by atoms with Gasteiger partial charge in [0, 0.05) is 0 Å². The predicted octanol–water partition coefficient (Wildman–Crippen LogP) is 2.29. The maximum Gasteiger partial charge on any atom is 0.189 e. The third kappa shape index (κ3) is 2.42. The van der Waals surface area contributed by atoms with E-state index in [1.807, 2.05) is 6.92 Å². The Labute approximate surface area is 86.7 Å². The van der Waals surface area contributed by atoms with Crippen molar-refractivity contribution in [3.8, 4) is 0 Å². The van der Waals surface area contributed by atoms with Gasteiger partial charge >= 0.3 is 0 Å². The lowest BCUT2D eigenvalue weighted by molar-refractivity contribution is 0.596. The fraction of sp³-hybridized carbons (Fsp3) is 0.571. The molecule has 0 aromatic carbocycles. The molecule has 0 aliphatic carbocycles. The van der Waals surface area contributed by atoms with Crippen LogP contribution in [0.15, 0.2) is 4.21 Å². The smallest absolute Gasteiger partial charge is 0.189 e. The SMILES string of the molecule is CCCS(=O)(=O)c1sc(Cl)nc1C. The fourth-order valence-corrected chi connectivity index (χ4v) is 4.24. The molecule has 6 heteroatoms. The molecular formula is C7H10ClNO2S2. The monoisotopic (exact) mass is 239 g/mol. The van der Waals surface area contributed by atoms with Gasteiger partial charge in [0.1, 0.15) is 4.21 Å². The van der Waals surface area contributed by atoms with Gasteiger partial charge in [-0.1, -0.05) is 29.9 Å². The van der Waals surface area contributed by atoms with Crippen LogP contribution < -0.4 is 0 Å². The number of hydrogen-bond donors (Lipinski definition) is 0. The molecule has 13 heavy (non-hydrogen) atoms. The van der Waals surface area contributed by atoms with Crippen LogP contribution in [0.4, 0.5) is 0 Å². The second kappa shape index (κ2) is 3.94. The zero-order valence-corrected chi connectivity index (χ0v) is 9.76. The van der Waals surface area contributed by atoms with Gasteiger partial charge in [0.15, 0.2) is 14.3 Å². The average molecular weight is 240 g/mol. The van der Waals surface area contributed by atoms with Crippen molar-refractivity contribution in [2.24, 2.45) is 0 Å². The van der Waals surface area contributed by atoms with Gasteiger partial charge in [-0.15, -0.1) is 0 Å². The predicted molar refractivity (Wildman–Crippen MR) is 54.2 cm³/mol. The molecule has 1 rings (SSSR count). The van der Waals surface area contributed by atoms with Gasteiger partial charge < -0.3 is 0 Å². The minimum atomic E-state index is -3.15. The highest BCUT2D eigenvalue weighted by Crippen LogP contribution is 2.27. The highest BCUT2D eigenvalue weighted by molar-refractivity contribution is 7.93. The number of halogens is 1. The average Bonchev–Trinajstić information content (AvgIpc) is 2.30. The Morgan fingerprint density at radius 2 is 2.15 bits per heavy atom. The van der Waals surface area contributed by atoms with E-state index in [4.69, 9.17) is 11.6 Å². The Balaban J connectivity index is 3.14. The van der Waals surface area contributed by atoms with Gasteiger partial charge in [0.2, 0.25) is 0 Å². The number of thiazole rings is 1. The molecule has 0 N–H and O–H groups in total. The highest BCUT2D eigenvalue weighted by Gasteiger charge is 2.20. The van der Waals surface area contributed by atoms with Crippen molar-refractivity contribution in [1.82, 2.24) is 4.98 Å². The van der Waals surface area contributed by atoms with Crippen molar-refractivity contribution in [2.75, 3.05) is 5.75 Å². The fourth-order valence-electron chi connectivity index (χ4n) is 1.00. The van der Waals surface area contributed by atoms with Gasteiger partial charge in [0.25, 0.3) is 0 Å². The first kappa shape index (κ1) is 10.9. The molecule has 0 unspecified atom stereocenters. The molecule has 0 bridgehead atoms. The van der Waals surface area contributed by atoms with Crippen LogP contribution in [0.3, 0.4) is 0 Å². The van der Waals surface area contributed by atoms with E-state index >= 15 is 0 Å². The van der Waals surface area contributed by atoms with Crippen LogP contribution in [0.1, 0.15) is 19.0 Å². The first-order valence-electron chi connectivity index (χ1n) is 3.83. The molecule has 0 aliphatic heterocycles. The molecule has 3 nitrogen and oxygen atoms in total. The summed E-state index contributed by atoms with van der Waals surface area (Å²) < 4.78 is 23.7. The van der Waals surface area contributed by atoms with Gasteiger partial charge in [-0.2, -0.15) is 0 Å². The molecule has 0 saturated carbocycles. The Bertz CT molecular complexity index is 397. The Kier molecular flexibility index (Phi) is 3.32. The van der Waals surface area contributed by atoms with E-state index in [2.05, 4.69) is 4.98 Å². The third-order valence-electron chi connectivity index (χ3n) is 1.48. The van der Waals surface area contributed by atoms with Crippen LogP contribution in [0.25, 0.3) is 0 Å². The van der Waals surface area contributed by atoms with E-state index in [-0.39, 0.29) is 10.2 Å². The summed E-state index contributed by atoms with van der Waals surface area (Å²) in [4.78, 5) is 3.86. The van der Waals surface area contributed by atoms with Gasteiger partial charge in [-0.25, -0.2) is 13.4 Å². The number of sulfone groups is 1. The molecule has 0 spiro atoms. The zero-order chi connectivity index (χ0) is 10.1. The number of aromatic nitrogens is 1. The lowest BCUT2D eigenvalue weighted by Crippen LogP contribution is -2.05. The second-order valence-electron chi connectivity index (χ2n) is 2.66. The number of rotatable bonds is 3. The van der Waals surface area contributed by atoms with Crippen LogP contribution in [0, 0.1) is 6.92 Å². The molecule has 0 saturated heterocycles. The summed E-state index contributed by atoms with van der Waals surface area (Å²) >= 11 is 6.64. The molecule has 1 heterocycles. The summed E-state index contributed by atoms with van der Waals surface area (Å²) in [5.41, 5.74) is 0.503. The number of aryl methyl sites for hydroxylation is 1. The van der Waals surface area contributed by atoms with E-state index in [0.29, 0.717) is 16.3 Å². The van der Waals surface area contributed by atoms with Crippen LogP contribution >= 0.6 is 22.9 Å². The maximum atomic E-state index is 11.6. The van der Waals surface area contributed by atoms with Gasteiger partial charge in [-0.05, 0) is 13.3 Å². The summed E-state index contributed by atoms with van der Waals surface area (Å²) in [6.07, 6.45) is 0.608. The summed E-state index contributed by atoms with van der Waals surface area (Å²) in [7, 11) is -3.15. The van der Waals surface area contributed by atoms with Gasteiger partial charge in [-0.3, -0.25) is 0 Å². The lowest BCUT2D eigenvalue weighted by Gasteiger charge is -1.98. The molecule has 74 valence electrons. The van der Waals surface area contributed by atoms with Crippen molar-refractivity contribution >= 4 is 32.8 Å². The van der Waals surface area contributed by atoms with Crippen LogP contribution in [-0.4, -0.2) is 19.2 Å². The molecule has 1 aromatic rings.